The van der Waals surface area contributed by atoms with Crippen molar-refractivity contribution >= 4 is 16.1 Å². The van der Waals surface area contributed by atoms with Crippen LogP contribution in [0.3, 0.4) is 0 Å². The Hall–Kier alpha value is -3.33. The highest BCUT2D eigenvalue weighted by molar-refractivity contribution is 7.88. The zero-order chi connectivity index (χ0) is 21.8. The molecule has 0 aliphatic carbocycles. The second kappa shape index (κ2) is 8.58. The lowest BCUT2D eigenvalue weighted by Gasteiger charge is -2.19. The molecule has 0 amide bonds. The number of rotatable bonds is 6. The Bertz CT molecular complexity index is 1060. The molecule has 0 heterocycles. The molecule has 0 bridgehead atoms. The number of hydrogen-bond donors (Lipinski definition) is 0. The zero-order valence-electron chi connectivity index (χ0n) is 15.2. The summed E-state index contributed by atoms with van der Waals surface area (Å²) in [4.78, 5) is 12.6. The fourth-order valence-electron chi connectivity index (χ4n) is 2.58. The first-order chi connectivity index (χ1) is 14.2. The third-order valence-electron chi connectivity index (χ3n) is 4.01. The van der Waals surface area contributed by atoms with Crippen LogP contribution in [-0.4, -0.2) is 19.9 Å². The number of alkyl halides is 3. The second-order valence-electron chi connectivity index (χ2n) is 6.11. The minimum absolute atomic E-state index is 0.0172. The summed E-state index contributed by atoms with van der Waals surface area (Å²) in [5.41, 5.74) is -4.08. The quantitative estimate of drug-likeness (QED) is 0.314. The van der Waals surface area contributed by atoms with Gasteiger partial charge in [0.15, 0.2) is 6.10 Å². The highest BCUT2D eigenvalue weighted by atomic mass is 32.2. The first-order valence-electron chi connectivity index (χ1n) is 8.59. The lowest BCUT2D eigenvalue weighted by molar-refractivity contribution is -0.0500. The molecule has 0 radical (unpaired) electrons. The minimum atomic E-state index is -5.79. The average Bonchev–Trinajstić information content (AvgIpc) is 2.72. The number of carbonyl (C=O) groups excluding carboxylic acids is 1. The monoisotopic (exact) mass is 436 g/mol. The van der Waals surface area contributed by atoms with Crippen molar-refractivity contribution in [3.63, 3.8) is 0 Å². The Morgan fingerprint density at radius 3 is 1.67 bits per heavy atom. The molecule has 9 heteroatoms. The van der Waals surface area contributed by atoms with Crippen molar-refractivity contribution in [2.75, 3.05) is 0 Å². The van der Waals surface area contributed by atoms with E-state index in [4.69, 9.17) is 4.74 Å². The van der Waals surface area contributed by atoms with Gasteiger partial charge < -0.3 is 8.92 Å². The molecule has 0 atom stereocenters. The molecule has 5 nitrogen and oxygen atoms in total. The van der Waals surface area contributed by atoms with Crippen LogP contribution >= 0.6 is 0 Å². The number of esters is 1. The lowest BCUT2D eigenvalue weighted by atomic mass is 10.0. The summed E-state index contributed by atoms with van der Waals surface area (Å²) in [7, 11) is -5.79. The number of hydrogen-bond acceptors (Lipinski definition) is 5. The van der Waals surface area contributed by atoms with Gasteiger partial charge in [0, 0.05) is 0 Å². The third-order valence-corrected chi connectivity index (χ3v) is 4.99. The van der Waals surface area contributed by atoms with E-state index >= 15 is 0 Å². The van der Waals surface area contributed by atoms with Gasteiger partial charge in [-0.1, -0.05) is 60.7 Å². The summed E-state index contributed by atoms with van der Waals surface area (Å²) in [6, 6.07) is 22.1. The van der Waals surface area contributed by atoms with Crippen LogP contribution in [0, 0.1) is 0 Å². The van der Waals surface area contributed by atoms with E-state index in [0.717, 1.165) is 35.4 Å². The molecule has 156 valence electrons. The highest BCUT2D eigenvalue weighted by Crippen LogP contribution is 2.29. The number of halogens is 3. The maximum atomic E-state index is 12.6. The highest BCUT2D eigenvalue weighted by Gasteiger charge is 2.48. The van der Waals surface area contributed by atoms with Crippen molar-refractivity contribution < 1.29 is 35.3 Å². The fourth-order valence-corrected chi connectivity index (χ4v) is 3.04. The molecule has 30 heavy (non-hydrogen) atoms. The SMILES string of the molecule is O=C(OC(c1ccccc1)c1ccccc1)c1ccc(OS(=O)(=O)C(F)(F)F)cc1. The smallest absolute Gasteiger partial charge is 0.449 e. The summed E-state index contributed by atoms with van der Waals surface area (Å²) in [6.07, 6.45) is -0.707. The van der Waals surface area contributed by atoms with E-state index in [1.54, 1.807) is 48.5 Å². The molecule has 3 rings (SSSR count). The van der Waals surface area contributed by atoms with Gasteiger partial charge >= 0.3 is 21.6 Å². The molecule has 0 aromatic heterocycles. The van der Waals surface area contributed by atoms with E-state index < -0.39 is 33.4 Å². The average molecular weight is 436 g/mol. The number of ether oxygens (including phenoxy) is 1. The van der Waals surface area contributed by atoms with Crippen molar-refractivity contribution in [2.45, 2.75) is 11.6 Å². The van der Waals surface area contributed by atoms with Crippen LogP contribution in [0.5, 0.6) is 5.75 Å². The summed E-state index contributed by atoms with van der Waals surface area (Å²) in [5, 5.41) is 0. The molecule has 3 aromatic carbocycles. The maximum absolute atomic E-state index is 12.6. The van der Waals surface area contributed by atoms with Crippen LogP contribution in [0.2, 0.25) is 0 Å². The first kappa shape index (κ1) is 21.4. The predicted molar refractivity (Wildman–Crippen MR) is 102 cm³/mol. The normalized spacial score (nSPS) is 11.9. The standard InChI is InChI=1S/C21H15F3O5S/c22-21(23,24)30(26,27)29-18-13-11-17(12-14-18)20(25)28-19(15-7-3-1-4-8-15)16-9-5-2-6-10-16/h1-14,19H. The van der Waals surface area contributed by atoms with Crippen molar-refractivity contribution in [1.82, 2.24) is 0 Å². The molecule has 0 aliphatic heterocycles. The summed E-state index contributed by atoms with van der Waals surface area (Å²) in [6.45, 7) is 0. The Morgan fingerprint density at radius 2 is 1.23 bits per heavy atom. The van der Waals surface area contributed by atoms with Crippen LogP contribution < -0.4 is 4.18 Å². The Morgan fingerprint density at radius 1 is 0.767 bits per heavy atom. The summed E-state index contributed by atoms with van der Waals surface area (Å²) < 4.78 is 69.0. The topological polar surface area (TPSA) is 69.7 Å². The van der Waals surface area contributed by atoms with E-state index in [2.05, 4.69) is 4.18 Å². The van der Waals surface area contributed by atoms with Crippen molar-refractivity contribution in [3.05, 3.63) is 102 Å². The van der Waals surface area contributed by atoms with Crippen LogP contribution in [0.25, 0.3) is 0 Å². The number of carbonyl (C=O) groups is 1. The van der Waals surface area contributed by atoms with E-state index in [1.165, 1.54) is 0 Å². The Kier molecular flexibility index (Phi) is 6.12. The molecule has 0 aliphatic rings. The molecule has 0 saturated carbocycles. The molecule has 0 saturated heterocycles. The molecule has 0 fully saturated rings. The van der Waals surface area contributed by atoms with Crippen LogP contribution in [0.4, 0.5) is 13.2 Å². The lowest BCUT2D eigenvalue weighted by Crippen LogP contribution is -2.28. The van der Waals surface area contributed by atoms with Crippen molar-refractivity contribution in [1.29, 1.82) is 0 Å². The molecular weight excluding hydrogens is 421 g/mol. The Balaban J connectivity index is 1.80. The molecule has 0 unspecified atom stereocenters. The van der Waals surface area contributed by atoms with Gasteiger partial charge in [0.1, 0.15) is 5.75 Å². The summed E-state index contributed by atoms with van der Waals surface area (Å²) in [5.74, 6) is -1.32. The number of benzene rings is 3. The molecule has 0 spiro atoms. The fraction of sp³-hybridized carbons (Fsp3) is 0.0952. The molecule has 0 N–H and O–H groups in total. The summed E-state index contributed by atoms with van der Waals surface area (Å²) >= 11 is 0. The van der Waals surface area contributed by atoms with Gasteiger partial charge in [0.2, 0.25) is 0 Å². The van der Waals surface area contributed by atoms with Crippen LogP contribution in [-0.2, 0) is 14.9 Å². The van der Waals surface area contributed by atoms with E-state index in [0.29, 0.717) is 0 Å². The van der Waals surface area contributed by atoms with E-state index in [-0.39, 0.29) is 5.56 Å². The third kappa shape index (κ3) is 4.98. The minimum Gasteiger partial charge on any atom is -0.449 e. The van der Waals surface area contributed by atoms with Gasteiger partial charge in [-0.15, -0.1) is 0 Å². The van der Waals surface area contributed by atoms with Gasteiger partial charge in [-0.05, 0) is 35.4 Å². The van der Waals surface area contributed by atoms with Crippen LogP contribution in [0.1, 0.15) is 27.6 Å². The van der Waals surface area contributed by atoms with Gasteiger partial charge in [-0.25, -0.2) is 4.79 Å². The van der Waals surface area contributed by atoms with Crippen molar-refractivity contribution in [3.8, 4) is 5.75 Å². The van der Waals surface area contributed by atoms with Gasteiger partial charge in [-0.3, -0.25) is 0 Å². The second-order valence-corrected chi connectivity index (χ2v) is 7.65. The molecule has 3 aromatic rings. The van der Waals surface area contributed by atoms with Gasteiger partial charge in [0.25, 0.3) is 0 Å². The van der Waals surface area contributed by atoms with Crippen LogP contribution in [0.15, 0.2) is 84.9 Å². The predicted octanol–water partition coefficient (Wildman–Crippen LogP) is 4.86. The largest absolute Gasteiger partial charge is 0.534 e. The molecular formula is C21H15F3O5S. The van der Waals surface area contributed by atoms with Crippen molar-refractivity contribution in [2.24, 2.45) is 0 Å². The zero-order valence-corrected chi connectivity index (χ0v) is 16.1. The van der Waals surface area contributed by atoms with Gasteiger partial charge in [-0.2, -0.15) is 21.6 Å². The maximum Gasteiger partial charge on any atom is 0.534 e. The van der Waals surface area contributed by atoms with Gasteiger partial charge in [0.05, 0.1) is 5.56 Å². The first-order valence-corrected chi connectivity index (χ1v) is 10.00. The van der Waals surface area contributed by atoms with E-state index in [9.17, 15) is 26.4 Å². The van der Waals surface area contributed by atoms with E-state index in [1.807, 2.05) is 12.1 Å². The Labute approximate surface area is 170 Å².